The van der Waals surface area contributed by atoms with Gasteiger partial charge in [0.15, 0.2) is 0 Å². The summed E-state index contributed by atoms with van der Waals surface area (Å²) in [6.07, 6.45) is 1.00. The van der Waals surface area contributed by atoms with Gasteiger partial charge < -0.3 is 15.4 Å². The first-order valence-electron chi connectivity index (χ1n) is 11.1. The fourth-order valence-electron chi connectivity index (χ4n) is 3.73. The van der Waals surface area contributed by atoms with E-state index in [1.807, 2.05) is 37.3 Å². The molecule has 0 heterocycles. The number of sulfonamides is 1. The fourth-order valence-corrected chi connectivity index (χ4v) is 5.15. The second kappa shape index (κ2) is 11.5. The lowest BCUT2D eigenvalue weighted by Crippen LogP contribution is -2.45. The molecule has 10 heteroatoms. The highest BCUT2D eigenvalue weighted by molar-refractivity contribution is 7.92. The summed E-state index contributed by atoms with van der Waals surface area (Å²) < 4.78 is 31.4. The van der Waals surface area contributed by atoms with Crippen molar-refractivity contribution in [2.24, 2.45) is 0 Å². The Kier molecular flexibility index (Phi) is 8.60. The van der Waals surface area contributed by atoms with Crippen molar-refractivity contribution in [2.75, 3.05) is 23.0 Å². The van der Waals surface area contributed by atoms with Crippen LogP contribution in [0.1, 0.15) is 35.8 Å². The van der Waals surface area contributed by atoms with E-state index in [2.05, 4.69) is 10.6 Å². The van der Waals surface area contributed by atoms with Gasteiger partial charge in [0.1, 0.15) is 11.8 Å². The Balaban J connectivity index is 1.84. The molecular weight excluding hydrogens is 502 g/mol. The van der Waals surface area contributed by atoms with E-state index in [4.69, 9.17) is 16.3 Å². The van der Waals surface area contributed by atoms with Crippen LogP contribution in [-0.4, -0.2) is 39.6 Å². The van der Waals surface area contributed by atoms with E-state index in [9.17, 15) is 18.0 Å². The zero-order valence-corrected chi connectivity index (χ0v) is 21.9. The van der Waals surface area contributed by atoms with Gasteiger partial charge in [-0.2, -0.15) is 0 Å². The summed E-state index contributed by atoms with van der Waals surface area (Å²) in [5.74, 6) is -0.629. The molecule has 0 radical (unpaired) electrons. The van der Waals surface area contributed by atoms with Crippen LogP contribution in [0.15, 0.2) is 72.8 Å². The van der Waals surface area contributed by atoms with Crippen LogP contribution in [0.25, 0.3) is 0 Å². The van der Waals surface area contributed by atoms with Crippen molar-refractivity contribution in [3.05, 3.63) is 88.9 Å². The molecule has 2 amide bonds. The number of amides is 2. The molecule has 2 N–H and O–H groups in total. The smallest absolute Gasteiger partial charge is 0.253 e. The summed E-state index contributed by atoms with van der Waals surface area (Å²) in [6.45, 7) is 3.31. The van der Waals surface area contributed by atoms with Gasteiger partial charge in [-0.15, -0.1) is 0 Å². The average molecular weight is 530 g/mol. The van der Waals surface area contributed by atoms with Gasteiger partial charge in [0.2, 0.25) is 15.9 Å². The van der Waals surface area contributed by atoms with Crippen molar-refractivity contribution >= 4 is 44.8 Å². The minimum absolute atomic E-state index is 0.200. The number of carbonyl (C=O) groups excluding carboxylic acids is 2. The topological polar surface area (TPSA) is 105 Å². The van der Waals surface area contributed by atoms with Crippen LogP contribution < -0.4 is 19.7 Å². The maximum Gasteiger partial charge on any atom is 0.253 e. The fraction of sp³-hybridized carbons (Fsp3) is 0.231. The van der Waals surface area contributed by atoms with Gasteiger partial charge in [-0.1, -0.05) is 54.1 Å². The lowest BCUT2D eigenvalue weighted by molar-refractivity contribution is -0.116. The normalized spacial score (nSPS) is 12.8. The number of nitrogens with one attached hydrogen (secondary N) is 2. The van der Waals surface area contributed by atoms with E-state index in [1.165, 1.54) is 32.2 Å². The highest BCUT2D eigenvalue weighted by atomic mass is 35.5. The summed E-state index contributed by atoms with van der Waals surface area (Å²) in [7, 11) is -2.43. The number of methoxy groups -OCH3 is 1. The molecule has 0 saturated carbocycles. The first-order chi connectivity index (χ1) is 17.0. The summed E-state index contributed by atoms with van der Waals surface area (Å²) in [4.78, 5) is 26.2. The molecule has 36 heavy (non-hydrogen) atoms. The third-order valence-corrected chi connectivity index (χ3v) is 7.09. The number of benzene rings is 3. The number of nitrogens with zero attached hydrogens (tertiary/aromatic N) is 1. The maximum absolute atomic E-state index is 13.2. The van der Waals surface area contributed by atoms with E-state index >= 15 is 0 Å². The molecule has 0 bridgehead atoms. The predicted octanol–water partition coefficient (Wildman–Crippen LogP) is 4.63. The number of hydrogen-bond donors (Lipinski definition) is 2. The Morgan fingerprint density at radius 1 is 0.972 bits per heavy atom. The van der Waals surface area contributed by atoms with Gasteiger partial charge in [0.25, 0.3) is 5.91 Å². The molecular formula is C26H28ClN3O5S. The van der Waals surface area contributed by atoms with Crippen LogP contribution in [0.5, 0.6) is 5.75 Å². The zero-order valence-electron chi connectivity index (χ0n) is 20.4. The van der Waals surface area contributed by atoms with Gasteiger partial charge in [-0.05, 0) is 49.7 Å². The zero-order chi connectivity index (χ0) is 26.5. The monoisotopic (exact) mass is 529 g/mol. The Hall–Kier alpha value is -3.56. The van der Waals surface area contributed by atoms with Crippen LogP contribution >= 0.6 is 11.6 Å². The molecule has 2 atom stereocenters. The molecule has 0 aromatic heterocycles. The quantitative estimate of drug-likeness (QED) is 0.420. The molecule has 0 aliphatic heterocycles. The Morgan fingerprint density at radius 3 is 2.22 bits per heavy atom. The van der Waals surface area contributed by atoms with Crippen LogP contribution in [0, 0.1) is 0 Å². The lowest BCUT2D eigenvalue weighted by Gasteiger charge is -2.28. The first-order valence-corrected chi connectivity index (χ1v) is 13.3. The largest absolute Gasteiger partial charge is 0.495 e. The van der Waals surface area contributed by atoms with Crippen molar-refractivity contribution in [1.82, 2.24) is 5.32 Å². The molecule has 0 fully saturated rings. The van der Waals surface area contributed by atoms with Crippen molar-refractivity contribution in [3.63, 3.8) is 0 Å². The Bertz CT molecular complexity index is 1350. The number of rotatable bonds is 9. The van der Waals surface area contributed by atoms with Crippen molar-refractivity contribution < 1.29 is 22.7 Å². The molecule has 3 rings (SSSR count). The molecule has 0 aliphatic carbocycles. The van der Waals surface area contributed by atoms with E-state index in [-0.39, 0.29) is 33.9 Å². The highest BCUT2D eigenvalue weighted by Gasteiger charge is 2.30. The van der Waals surface area contributed by atoms with Gasteiger partial charge in [0, 0.05) is 0 Å². The molecule has 0 saturated heterocycles. The summed E-state index contributed by atoms with van der Waals surface area (Å²) in [5, 5.41) is 5.82. The molecule has 0 aliphatic rings. The number of ether oxygens (including phenoxy) is 1. The summed E-state index contributed by atoms with van der Waals surface area (Å²) in [5.41, 5.74) is 1.64. The highest BCUT2D eigenvalue weighted by Crippen LogP contribution is 2.31. The minimum atomic E-state index is -3.87. The molecule has 8 nitrogen and oxygen atoms in total. The molecule has 190 valence electrons. The standard InChI is InChI=1S/C26H28ClN3O5S/c1-17(19-10-6-5-7-11-19)28-26(32)21-12-8-9-13-23(21)29-25(31)18(2)30(36(4,33)34)20-14-15-24(35-3)22(27)16-20/h5-18H,1-4H3,(H,28,32)(H,29,31). The van der Waals surface area contributed by atoms with E-state index in [0.29, 0.717) is 5.75 Å². The van der Waals surface area contributed by atoms with E-state index in [1.54, 1.807) is 24.3 Å². The van der Waals surface area contributed by atoms with Crippen molar-refractivity contribution in [3.8, 4) is 5.75 Å². The van der Waals surface area contributed by atoms with Crippen LogP contribution in [0.4, 0.5) is 11.4 Å². The predicted molar refractivity (Wildman–Crippen MR) is 142 cm³/mol. The Labute approximate surface area is 216 Å². The first kappa shape index (κ1) is 27.0. The van der Waals surface area contributed by atoms with Crippen LogP contribution in [0.2, 0.25) is 5.02 Å². The lowest BCUT2D eigenvalue weighted by atomic mass is 10.1. The van der Waals surface area contributed by atoms with E-state index < -0.39 is 22.0 Å². The van der Waals surface area contributed by atoms with Gasteiger partial charge in [0.05, 0.1) is 41.4 Å². The third-order valence-electron chi connectivity index (χ3n) is 5.56. The minimum Gasteiger partial charge on any atom is -0.495 e. The Morgan fingerprint density at radius 2 is 1.61 bits per heavy atom. The maximum atomic E-state index is 13.2. The molecule has 2 unspecified atom stereocenters. The summed E-state index contributed by atoms with van der Waals surface area (Å²) >= 11 is 6.19. The number of para-hydroxylation sites is 1. The average Bonchev–Trinajstić information content (AvgIpc) is 2.84. The van der Waals surface area contributed by atoms with Crippen LogP contribution in [-0.2, 0) is 14.8 Å². The van der Waals surface area contributed by atoms with Gasteiger partial charge in [-0.3, -0.25) is 13.9 Å². The molecule has 0 spiro atoms. The van der Waals surface area contributed by atoms with Gasteiger partial charge in [-0.25, -0.2) is 8.42 Å². The van der Waals surface area contributed by atoms with Crippen molar-refractivity contribution in [2.45, 2.75) is 25.9 Å². The molecule has 3 aromatic carbocycles. The number of hydrogen-bond acceptors (Lipinski definition) is 5. The number of halogens is 1. The van der Waals surface area contributed by atoms with Crippen molar-refractivity contribution in [1.29, 1.82) is 0 Å². The second-order valence-corrected chi connectivity index (χ2v) is 10.5. The van der Waals surface area contributed by atoms with Crippen LogP contribution in [0.3, 0.4) is 0 Å². The SMILES string of the molecule is COc1ccc(N(C(C)C(=O)Nc2ccccc2C(=O)NC(C)c2ccccc2)S(C)(=O)=O)cc1Cl. The number of anilines is 2. The number of carbonyl (C=O) groups is 2. The molecule has 3 aromatic rings. The summed E-state index contributed by atoms with van der Waals surface area (Å²) in [6, 6.07) is 19.0. The van der Waals surface area contributed by atoms with Gasteiger partial charge >= 0.3 is 0 Å². The van der Waals surface area contributed by atoms with E-state index in [0.717, 1.165) is 16.1 Å². The second-order valence-electron chi connectivity index (χ2n) is 8.19. The third kappa shape index (κ3) is 6.35.